The Morgan fingerprint density at radius 1 is 0.733 bits per heavy atom. The van der Waals surface area contributed by atoms with Gasteiger partial charge in [-0.2, -0.15) is 0 Å². The maximum atomic E-state index is 13.4. The SMILES string of the molecule is CCCCCCCCCCCCCCOC(=O)CCCC(=O)Oc1ccccc1F. The molecule has 0 N–H and O–H groups in total. The molecule has 0 aliphatic carbocycles. The Morgan fingerprint density at radius 3 is 1.87 bits per heavy atom. The van der Waals surface area contributed by atoms with Gasteiger partial charge in [0.15, 0.2) is 11.6 Å². The number of carbonyl (C=O) groups excluding carboxylic acids is 2. The van der Waals surface area contributed by atoms with Crippen LogP contribution in [0.2, 0.25) is 0 Å². The van der Waals surface area contributed by atoms with Gasteiger partial charge in [-0.25, -0.2) is 4.39 Å². The van der Waals surface area contributed by atoms with Crippen LogP contribution in [0, 0.1) is 5.82 Å². The fourth-order valence-electron chi connectivity index (χ4n) is 3.28. The maximum absolute atomic E-state index is 13.4. The highest BCUT2D eigenvalue weighted by Gasteiger charge is 2.10. The van der Waals surface area contributed by atoms with Crippen LogP contribution in [0.3, 0.4) is 0 Å². The van der Waals surface area contributed by atoms with Crippen molar-refractivity contribution in [1.82, 2.24) is 0 Å². The average molecular weight is 423 g/mol. The molecule has 0 bridgehead atoms. The number of hydrogen-bond acceptors (Lipinski definition) is 4. The molecule has 0 heterocycles. The second-order valence-corrected chi connectivity index (χ2v) is 7.87. The number of ether oxygens (including phenoxy) is 2. The largest absolute Gasteiger partial charge is 0.466 e. The zero-order valence-corrected chi connectivity index (χ0v) is 18.6. The van der Waals surface area contributed by atoms with Gasteiger partial charge in [-0.1, -0.05) is 89.7 Å². The van der Waals surface area contributed by atoms with E-state index in [4.69, 9.17) is 9.47 Å². The van der Waals surface area contributed by atoms with E-state index in [-0.39, 0.29) is 24.6 Å². The highest BCUT2D eigenvalue weighted by molar-refractivity contribution is 5.74. The van der Waals surface area contributed by atoms with E-state index in [9.17, 15) is 14.0 Å². The second-order valence-electron chi connectivity index (χ2n) is 7.87. The van der Waals surface area contributed by atoms with E-state index in [2.05, 4.69) is 6.92 Å². The molecule has 170 valence electrons. The Morgan fingerprint density at radius 2 is 1.27 bits per heavy atom. The van der Waals surface area contributed by atoms with Crippen LogP contribution >= 0.6 is 0 Å². The molecule has 0 aliphatic heterocycles. The monoisotopic (exact) mass is 422 g/mol. The number of benzene rings is 1. The van der Waals surface area contributed by atoms with Gasteiger partial charge in [-0.05, 0) is 25.0 Å². The molecule has 0 saturated heterocycles. The summed E-state index contributed by atoms with van der Waals surface area (Å²) < 4.78 is 23.6. The molecule has 0 spiro atoms. The van der Waals surface area contributed by atoms with Gasteiger partial charge in [0.1, 0.15) is 0 Å². The van der Waals surface area contributed by atoms with Crippen molar-refractivity contribution in [3.05, 3.63) is 30.1 Å². The Balaban J connectivity index is 1.88. The minimum absolute atomic E-state index is 0.0576. The number of hydrogen-bond donors (Lipinski definition) is 0. The summed E-state index contributed by atoms with van der Waals surface area (Å²) in [5.74, 6) is -1.50. The van der Waals surface area contributed by atoms with Crippen molar-refractivity contribution in [3.8, 4) is 5.75 Å². The second kappa shape index (κ2) is 17.9. The van der Waals surface area contributed by atoms with Crippen LogP contribution in [0.1, 0.15) is 103 Å². The summed E-state index contributed by atoms with van der Waals surface area (Å²) in [6.07, 6.45) is 15.8. The zero-order valence-electron chi connectivity index (χ0n) is 18.6. The molecule has 5 heteroatoms. The van der Waals surface area contributed by atoms with E-state index in [0.717, 1.165) is 12.8 Å². The van der Waals surface area contributed by atoms with E-state index in [0.29, 0.717) is 13.0 Å². The van der Waals surface area contributed by atoms with Crippen molar-refractivity contribution in [2.45, 2.75) is 103 Å². The summed E-state index contributed by atoms with van der Waals surface area (Å²) in [7, 11) is 0. The van der Waals surface area contributed by atoms with Crippen LogP contribution in [0.4, 0.5) is 4.39 Å². The summed E-state index contributed by atoms with van der Waals surface area (Å²) in [6, 6.07) is 5.75. The normalized spacial score (nSPS) is 10.7. The lowest BCUT2D eigenvalue weighted by Crippen LogP contribution is -2.11. The van der Waals surface area contributed by atoms with Crippen LogP contribution < -0.4 is 4.74 Å². The van der Waals surface area contributed by atoms with Crippen molar-refractivity contribution in [2.24, 2.45) is 0 Å². The molecule has 4 nitrogen and oxygen atoms in total. The molecule has 0 radical (unpaired) electrons. The Hall–Kier alpha value is -1.91. The van der Waals surface area contributed by atoms with Gasteiger partial charge in [0.2, 0.25) is 0 Å². The molecule has 30 heavy (non-hydrogen) atoms. The smallest absolute Gasteiger partial charge is 0.311 e. The van der Waals surface area contributed by atoms with Crippen LogP contribution in [0.25, 0.3) is 0 Å². The number of rotatable bonds is 18. The van der Waals surface area contributed by atoms with E-state index in [1.54, 1.807) is 6.07 Å². The summed E-state index contributed by atoms with van der Waals surface area (Å²) in [5, 5.41) is 0. The Bertz CT molecular complexity index is 588. The van der Waals surface area contributed by atoms with Crippen molar-refractivity contribution >= 4 is 11.9 Å². The average Bonchev–Trinajstić information content (AvgIpc) is 2.73. The van der Waals surface area contributed by atoms with Crippen LogP contribution in [0.15, 0.2) is 24.3 Å². The molecule has 0 fully saturated rings. The Kier molecular flexibility index (Phi) is 15.6. The number of unbranched alkanes of at least 4 members (excludes halogenated alkanes) is 11. The molecular formula is C25H39FO4. The van der Waals surface area contributed by atoms with E-state index >= 15 is 0 Å². The fraction of sp³-hybridized carbons (Fsp3) is 0.680. The van der Waals surface area contributed by atoms with Gasteiger partial charge in [-0.3, -0.25) is 9.59 Å². The number of carbonyl (C=O) groups is 2. The van der Waals surface area contributed by atoms with Gasteiger partial charge >= 0.3 is 11.9 Å². The molecule has 0 aromatic heterocycles. The Labute approximate surface area is 181 Å². The lowest BCUT2D eigenvalue weighted by Gasteiger charge is -2.06. The standard InChI is InChI=1S/C25H39FO4/c1-2-3-4-5-6-7-8-9-10-11-12-15-21-29-24(27)19-16-20-25(28)30-23-18-14-13-17-22(23)26/h13-14,17-18H,2-12,15-16,19-21H2,1H3. The summed E-state index contributed by atoms with van der Waals surface area (Å²) in [5.41, 5.74) is 0. The van der Waals surface area contributed by atoms with E-state index < -0.39 is 11.8 Å². The number of para-hydroxylation sites is 1. The summed E-state index contributed by atoms with van der Waals surface area (Å²) in [4.78, 5) is 23.4. The van der Waals surface area contributed by atoms with Gasteiger partial charge in [-0.15, -0.1) is 0 Å². The van der Waals surface area contributed by atoms with E-state index in [1.165, 1.54) is 82.4 Å². The molecule has 1 aromatic rings. The third kappa shape index (κ3) is 14.1. The molecule has 0 aliphatic rings. The quantitative estimate of drug-likeness (QED) is 0.143. The molecule has 1 rings (SSSR count). The van der Waals surface area contributed by atoms with Gasteiger partial charge in [0.05, 0.1) is 6.61 Å². The predicted molar refractivity (Wildman–Crippen MR) is 118 cm³/mol. The lowest BCUT2D eigenvalue weighted by molar-refractivity contribution is -0.144. The van der Waals surface area contributed by atoms with Crippen LogP contribution in [-0.4, -0.2) is 18.5 Å². The first-order valence-corrected chi connectivity index (χ1v) is 11.7. The predicted octanol–water partition coefficient (Wildman–Crippen LogP) is 7.15. The van der Waals surface area contributed by atoms with Crippen molar-refractivity contribution < 1.29 is 23.5 Å². The van der Waals surface area contributed by atoms with E-state index in [1.807, 2.05) is 0 Å². The third-order valence-corrected chi connectivity index (χ3v) is 5.08. The highest BCUT2D eigenvalue weighted by atomic mass is 19.1. The minimum Gasteiger partial charge on any atom is -0.466 e. The third-order valence-electron chi connectivity index (χ3n) is 5.08. The number of esters is 2. The first-order valence-electron chi connectivity index (χ1n) is 11.7. The molecular weight excluding hydrogens is 383 g/mol. The van der Waals surface area contributed by atoms with Gasteiger partial charge in [0.25, 0.3) is 0 Å². The summed E-state index contributed by atoms with van der Waals surface area (Å²) >= 11 is 0. The van der Waals surface area contributed by atoms with Crippen LogP contribution in [-0.2, 0) is 14.3 Å². The summed E-state index contributed by atoms with van der Waals surface area (Å²) in [6.45, 7) is 2.69. The fourth-order valence-corrected chi connectivity index (χ4v) is 3.28. The van der Waals surface area contributed by atoms with Crippen molar-refractivity contribution in [1.29, 1.82) is 0 Å². The number of halogens is 1. The molecule has 0 atom stereocenters. The molecule has 0 amide bonds. The lowest BCUT2D eigenvalue weighted by atomic mass is 10.1. The van der Waals surface area contributed by atoms with Crippen molar-refractivity contribution in [2.75, 3.05) is 6.61 Å². The molecule has 0 saturated carbocycles. The highest BCUT2D eigenvalue weighted by Crippen LogP contribution is 2.16. The minimum atomic E-state index is -0.576. The van der Waals surface area contributed by atoms with Gasteiger partial charge in [0, 0.05) is 12.8 Å². The molecule has 0 unspecified atom stereocenters. The first kappa shape index (κ1) is 26.1. The topological polar surface area (TPSA) is 52.6 Å². The first-order chi connectivity index (χ1) is 14.6. The van der Waals surface area contributed by atoms with Crippen LogP contribution in [0.5, 0.6) is 5.75 Å². The maximum Gasteiger partial charge on any atom is 0.311 e. The van der Waals surface area contributed by atoms with Crippen molar-refractivity contribution in [3.63, 3.8) is 0 Å². The van der Waals surface area contributed by atoms with Gasteiger partial charge < -0.3 is 9.47 Å². The molecule has 1 aromatic carbocycles. The zero-order chi connectivity index (χ0) is 21.9.